The summed E-state index contributed by atoms with van der Waals surface area (Å²) in [5, 5.41) is 9.40. The molecule has 0 bridgehead atoms. The molecule has 0 spiro atoms. The highest BCUT2D eigenvalue weighted by atomic mass is 32.1. The van der Waals surface area contributed by atoms with Crippen molar-refractivity contribution in [1.29, 1.82) is 0 Å². The van der Waals surface area contributed by atoms with Gasteiger partial charge in [-0.1, -0.05) is 6.07 Å². The third kappa shape index (κ3) is 3.55. The van der Waals surface area contributed by atoms with Crippen molar-refractivity contribution < 1.29 is 4.79 Å². The molecule has 0 aliphatic heterocycles. The van der Waals surface area contributed by atoms with Crippen LogP contribution in [0.1, 0.15) is 24.1 Å². The van der Waals surface area contributed by atoms with Gasteiger partial charge in [-0.2, -0.15) is 5.10 Å². The van der Waals surface area contributed by atoms with Gasteiger partial charge in [0.05, 0.1) is 11.4 Å². The molecule has 7 nitrogen and oxygen atoms in total. The number of hydrogen-bond acceptors (Lipinski definition) is 6. The lowest BCUT2D eigenvalue weighted by Crippen LogP contribution is -2.31. The third-order valence-corrected chi connectivity index (χ3v) is 5.00. The first-order chi connectivity index (χ1) is 12.7. The van der Waals surface area contributed by atoms with E-state index in [0.29, 0.717) is 10.8 Å². The predicted octanol–water partition coefficient (Wildman–Crippen LogP) is 2.28. The number of fused-ring (bicyclic) bond motifs is 1. The zero-order chi connectivity index (χ0) is 17.9. The molecule has 132 valence electrons. The fourth-order valence-electron chi connectivity index (χ4n) is 2.97. The highest BCUT2D eigenvalue weighted by Crippen LogP contribution is 2.23. The van der Waals surface area contributed by atoms with E-state index in [-0.39, 0.29) is 18.0 Å². The molecule has 26 heavy (non-hydrogen) atoms. The lowest BCUT2D eigenvalue weighted by Gasteiger charge is -2.15. The molecule has 3 aromatic heterocycles. The highest BCUT2D eigenvalue weighted by Gasteiger charge is 2.15. The fourth-order valence-corrected chi connectivity index (χ4v) is 3.69. The van der Waals surface area contributed by atoms with Gasteiger partial charge in [0.1, 0.15) is 12.2 Å². The summed E-state index contributed by atoms with van der Waals surface area (Å²) < 4.78 is 1.23. The average molecular weight is 367 g/mol. The predicted molar refractivity (Wildman–Crippen MR) is 99.1 cm³/mol. The molecule has 1 aliphatic carbocycles. The largest absolute Gasteiger partial charge is 0.300 e. The van der Waals surface area contributed by atoms with Crippen LogP contribution in [0.25, 0.3) is 11.4 Å². The number of pyridine rings is 1. The lowest BCUT2D eigenvalue weighted by atomic mass is 9.97. The van der Waals surface area contributed by atoms with E-state index in [1.807, 2.05) is 23.6 Å². The molecule has 1 amide bonds. The molecular weight excluding hydrogens is 350 g/mol. The minimum atomic E-state index is -0.322. The van der Waals surface area contributed by atoms with Crippen LogP contribution in [0.2, 0.25) is 0 Å². The molecule has 0 unspecified atom stereocenters. The SMILES string of the molecule is O=C(Cn1nc2c(cc1=O)CCCC2)Nc1nc(-c2ccccn2)cs1. The molecule has 3 heterocycles. The van der Waals surface area contributed by atoms with Gasteiger partial charge in [0.25, 0.3) is 5.56 Å². The lowest BCUT2D eigenvalue weighted by molar-refractivity contribution is -0.117. The van der Waals surface area contributed by atoms with Crippen molar-refractivity contribution >= 4 is 22.4 Å². The summed E-state index contributed by atoms with van der Waals surface area (Å²) in [6.45, 7) is -0.120. The van der Waals surface area contributed by atoms with Crippen LogP contribution in [-0.2, 0) is 24.2 Å². The molecule has 0 saturated carbocycles. The van der Waals surface area contributed by atoms with Crippen molar-refractivity contribution in [2.24, 2.45) is 0 Å². The van der Waals surface area contributed by atoms with Crippen LogP contribution in [0.4, 0.5) is 5.13 Å². The van der Waals surface area contributed by atoms with Crippen LogP contribution in [0, 0.1) is 0 Å². The smallest absolute Gasteiger partial charge is 0.267 e. The molecule has 0 atom stereocenters. The molecular formula is C18H17N5O2S. The number of thiazole rings is 1. The van der Waals surface area contributed by atoms with Gasteiger partial charge in [0.15, 0.2) is 5.13 Å². The standard InChI is InChI=1S/C18H17N5O2S/c24-16(10-23-17(25)9-12-5-1-2-6-13(12)22-23)21-18-20-15(11-26-18)14-7-3-4-8-19-14/h3-4,7-9,11H,1-2,5-6,10H2,(H,20,21,24). The molecule has 4 rings (SSSR count). The topological polar surface area (TPSA) is 89.8 Å². The summed E-state index contributed by atoms with van der Waals surface area (Å²) in [4.78, 5) is 33.1. The van der Waals surface area contributed by atoms with Gasteiger partial charge in [0, 0.05) is 17.6 Å². The van der Waals surface area contributed by atoms with E-state index >= 15 is 0 Å². The first-order valence-electron chi connectivity index (χ1n) is 8.46. The Labute approximate surface area is 153 Å². The maximum Gasteiger partial charge on any atom is 0.267 e. The van der Waals surface area contributed by atoms with Gasteiger partial charge in [-0.05, 0) is 43.4 Å². The van der Waals surface area contributed by atoms with Crippen molar-refractivity contribution in [3.8, 4) is 11.4 Å². The molecule has 8 heteroatoms. The zero-order valence-corrected chi connectivity index (χ0v) is 14.8. The van der Waals surface area contributed by atoms with Gasteiger partial charge >= 0.3 is 0 Å². The van der Waals surface area contributed by atoms with Gasteiger partial charge in [-0.3, -0.25) is 14.6 Å². The highest BCUT2D eigenvalue weighted by molar-refractivity contribution is 7.14. The molecule has 1 N–H and O–H groups in total. The Morgan fingerprint density at radius 1 is 1.23 bits per heavy atom. The minimum Gasteiger partial charge on any atom is -0.300 e. The minimum absolute atomic E-state index is 0.120. The van der Waals surface area contributed by atoms with Gasteiger partial charge in [0.2, 0.25) is 5.91 Å². The number of nitrogens with one attached hydrogen (secondary N) is 1. The van der Waals surface area contributed by atoms with Crippen LogP contribution in [0.15, 0.2) is 40.6 Å². The van der Waals surface area contributed by atoms with Crippen LogP contribution in [-0.4, -0.2) is 25.7 Å². The van der Waals surface area contributed by atoms with E-state index in [9.17, 15) is 9.59 Å². The van der Waals surface area contributed by atoms with Crippen molar-refractivity contribution in [1.82, 2.24) is 19.7 Å². The molecule has 0 saturated heterocycles. The van der Waals surface area contributed by atoms with E-state index in [1.54, 1.807) is 12.3 Å². The molecule has 0 aromatic carbocycles. The Morgan fingerprint density at radius 2 is 2.12 bits per heavy atom. The normalized spacial score (nSPS) is 13.2. The molecule has 3 aromatic rings. The fraction of sp³-hybridized carbons (Fsp3) is 0.278. The number of carbonyl (C=O) groups excluding carboxylic acids is 1. The number of aromatic nitrogens is 4. The van der Waals surface area contributed by atoms with Crippen LogP contribution < -0.4 is 10.9 Å². The number of anilines is 1. The van der Waals surface area contributed by atoms with E-state index < -0.39 is 0 Å². The Balaban J connectivity index is 1.46. The number of carbonyl (C=O) groups is 1. The van der Waals surface area contributed by atoms with Gasteiger partial charge in [-0.15, -0.1) is 11.3 Å². The Morgan fingerprint density at radius 3 is 2.96 bits per heavy atom. The monoisotopic (exact) mass is 367 g/mol. The van der Waals surface area contributed by atoms with Crippen LogP contribution in [0.3, 0.4) is 0 Å². The summed E-state index contributed by atoms with van der Waals surface area (Å²) in [6, 6.07) is 7.19. The van der Waals surface area contributed by atoms with Gasteiger partial charge in [-0.25, -0.2) is 9.67 Å². The van der Waals surface area contributed by atoms with E-state index in [2.05, 4.69) is 20.4 Å². The number of amides is 1. The Kier molecular flexibility index (Phi) is 4.57. The maximum absolute atomic E-state index is 12.3. The summed E-state index contributed by atoms with van der Waals surface area (Å²) in [5.41, 5.74) is 3.15. The second-order valence-corrected chi connectivity index (χ2v) is 6.98. The Hall–Kier alpha value is -2.87. The second kappa shape index (κ2) is 7.17. The van der Waals surface area contributed by atoms with Crippen molar-refractivity contribution in [2.75, 3.05) is 5.32 Å². The maximum atomic E-state index is 12.3. The number of rotatable bonds is 4. The van der Waals surface area contributed by atoms with Crippen molar-refractivity contribution in [3.05, 3.63) is 57.5 Å². The summed E-state index contributed by atoms with van der Waals surface area (Å²) in [6.07, 6.45) is 5.60. The number of hydrogen-bond donors (Lipinski definition) is 1. The number of nitrogens with zero attached hydrogens (tertiary/aromatic N) is 4. The van der Waals surface area contributed by atoms with E-state index in [0.717, 1.165) is 42.6 Å². The zero-order valence-electron chi connectivity index (χ0n) is 14.0. The number of aryl methyl sites for hydroxylation is 2. The first-order valence-corrected chi connectivity index (χ1v) is 9.34. The first kappa shape index (κ1) is 16.6. The molecule has 1 aliphatic rings. The van der Waals surface area contributed by atoms with Gasteiger partial charge < -0.3 is 5.32 Å². The van der Waals surface area contributed by atoms with Crippen LogP contribution >= 0.6 is 11.3 Å². The summed E-state index contributed by atoms with van der Waals surface area (Å²) in [7, 11) is 0. The summed E-state index contributed by atoms with van der Waals surface area (Å²) in [5.74, 6) is -0.322. The second-order valence-electron chi connectivity index (χ2n) is 6.12. The quantitative estimate of drug-likeness (QED) is 0.764. The van der Waals surface area contributed by atoms with E-state index in [1.165, 1.54) is 16.0 Å². The van der Waals surface area contributed by atoms with Crippen LogP contribution in [0.5, 0.6) is 0 Å². The third-order valence-electron chi connectivity index (χ3n) is 4.25. The van der Waals surface area contributed by atoms with E-state index in [4.69, 9.17) is 0 Å². The van der Waals surface area contributed by atoms with Crippen molar-refractivity contribution in [3.63, 3.8) is 0 Å². The average Bonchev–Trinajstić information content (AvgIpc) is 3.11. The Bertz CT molecular complexity index is 996. The summed E-state index contributed by atoms with van der Waals surface area (Å²) >= 11 is 1.32. The molecule has 0 fully saturated rings. The molecule has 0 radical (unpaired) electrons. The van der Waals surface area contributed by atoms with Crippen molar-refractivity contribution in [2.45, 2.75) is 32.2 Å².